The van der Waals surface area contributed by atoms with Gasteiger partial charge in [-0.1, -0.05) is 35.9 Å². The van der Waals surface area contributed by atoms with Gasteiger partial charge < -0.3 is 10.6 Å². The van der Waals surface area contributed by atoms with Crippen molar-refractivity contribution in [2.24, 2.45) is 0 Å². The summed E-state index contributed by atoms with van der Waals surface area (Å²) in [5.41, 5.74) is 3.00. The number of amides is 2. The maximum Gasteiger partial charge on any atom is 0.251 e. The number of benzene rings is 2. The molecular formula is C19H19N5O2S. The number of anilines is 1. The molecule has 0 fully saturated rings. The first-order valence-corrected chi connectivity index (χ1v) is 8.73. The van der Waals surface area contributed by atoms with Gasteiger partial charge >= 0.3 is 0 Å². The zero-order valence-electron chi connectivity index (χ0n) is 14.9. The molecule has 0 radical (unpaired) electrons. The number of aromatic amines is 1. The molecule has 0 aliphatic heterocycles. The zero-order valence-corrected chi connectivity index (χ0v) is 15.8. The van der Waals surface area contributed by atoms with Crippen LogP contribution in [0.1, 0.15) is 15.9 Å². The molecule has 0 bridgehead atoms. The van der Waals surface area contributed by atoms with Gasteiger partial charge in [0.05, 0.1) is 0 Å². The molecule has 0 atom stereocenters. The van der Waals surface area contributed by atoms with Gasteiger partial charge in [0, 0.05) is 23.9 Å². The van der Waals surface area contributed by atoms with Crippen LogP contribution in [0.5, 0.6) is 0 Å². The lowest BCUT2D eigenvalue weighted by atomic mass is 10.1. The molecular weight excluding hydrogens is 362 g/mol. The predicted octanol–water partition coefficient (Wildman–Crippen LogP) is 2.91. The molecule has 0 saturated heterocycles. The largest absolute Gasteiger partial charge is 0.355 e. The fourth-order valence-electron chi connectivity index (χ4n) is 2.61. The fraction of sp³-hybridized carbons (Fsp3) is 0.158. The normalized spacial score (nSPS) is 10.4. The number of rotatable bonds is 5. The van der Waals surface area contributed by atoms with E-state index in [4.69, 9.17) is 12.2 Å². The van der Waals surface area contributed by atoms with E-state index < -0.39 is 0 Å². The Bertz CT molecular complexity index is 1040. The van der Waals surface area contributed by atoms with E-state index in [0.717, 1.165) is 11.1 Å². The van der Waals surface area contributed by atoms with E-state index in [2.05, 4.69) is 20.8 Å². The number of hydrogen-bond donors (Lipinski definition) is 3. The quantitative estimate of drug-likeness (QED) is 0.593. The Morgan fingerprint density at radius 1 is 1.19 bits per heavy atom. The summed E-state index contributed by atoms with van der Waals surface area (Å²) in [6, 6.07) is 14.5. The molecule has 27 heavy (non-hydrogen) atoms. The van der Waals surface area contributed by atoms with Gasteiger partial charge in [-0.05, 0) is 37.3 Å². The molecule has 3 rings (SSSR count). The van der Waals surface area contributed by atoms with E-state index in [9.17, 15) is 9.59 Å². The Morgan fingerprint density at radius 2 is 1.93 bits per heavy atom. The van der Waals surface area contributed by atoms with Crippen molar-refractivity contribution in [1.29, 1.82) is 0 Å². The lowest BCUT2D eigenvalue weighted by Crippen LogP contribution is -2.21. The number of carbonyl (C=O) groups excluding carboxylic acids is 2. The molecule has 0 aliphatic carbocycles. The summed E-state index contributed by atoms with van der Waals surface area (Å²) >= 11 is 5.26. The highest BCUT2D eigenvalue weighted by Gasteiger charge is 2.13. The summed E-state index contributed by atoms with van der Waals surface area (Å²) in [7, 11) is 1.56. The maximum absolute atomic E-state index is 12.5. The summed E-state index contributed by atoms with van der Waals surface area (Å²) in [6.07, 6.45) is 0. The number of aromatic nitrogens is 3. The third-order valence-electron chi connectivity index (χ3n) is 4.01. The van der Waals surface area contributed by atoms with Crippen LogP contribution in [0, 0.1) is 11.7 Å². The van der Waals surface area contributed by atoms with Crippen LogP contribution in [0.15, 0.2) is 48.5 Å². The number of carbonyl (C=O) groups is 2. The molecule has 7 nitrogen and oxygen atoms in total. The Labute approximate surface area is 161 Å². The second kappa shape index (κ2) is 7.96. The summed E-state index contributed by atoms with van der Waals surface area (Å²) in [5, 5.41) is 12.3. The summed E-state index contributed by atoms with van der Waals surface area (Å²) in [4.78, 5) is 24.2. The van der Waals surface area contributed by atoms with Gasteiger partial charge in [0.15, 0.2) is 10.6 Å². The first-order chi connectivity index (χ1) is 13.0. The molecule has 3 aromatic rings. The average Bonchev–Trinajstić information content (AvgIpc) is 3.02. The van der Waals surface area contributed by atoms with Gasteiger partial charge in [0.25, 0.3) is 5.91 Å². The van der Waals surface area contributed by atoms with Crippen LogP contribution in [0.2, 0.25) is 0 Å². The lowest BCUT2D eigenvalue weighted by Gasteiger charge is -2.09. The van der Waals surface area contributed by atoms with Crippen LogP contribution in [0.25, 0.3) is 11.4 Å². The van der Waals surface area contributed by atoms with Crippen molar-refractivity contribution in [2.75, 3.05) is 12.4 Å². The van der Waals surface area contributed by atoms with Crippen LogP contribution >= 0.6 is 12.2 Å². The molecule has 0 spiro atoms. The van der Waals surface area contributed by atoms with Crippen LogP contribution < -0.4 is 10.6 Å². The van der Waals surface area contributed by atoms with Gasteiger partial charge in [-0.3, -0.25) is 19.3 Å². The standard InChI is InChI=1S/C19H19N5O2S/c1-12-6-8-13(9-7-12)17-22-23-19(27)24(17)11-16(25)21-15-5-3-4-14(10-15)18(26)20-2/h3-10H,11H2,1-2H3,(H,20,26)(H,21,25)(H,23,27). The van der Waals surface area contributed by atoms with Crippen molar-refractivity contribution in [3.63, 3.8) is 0 Å². The summed E-state index contributed by atoms with van der Waals surface area (Å²) < 4.78 is 2.00. The highest BCUT2D eigenvalue weighted by Crippen LogP contribution is 2.18. The number of nitrogens with zero attached hydrogens (tertiary/aromatic N) is 2. The molecule has 0 unspecified atom stereocenters. The highest BCUT2D eigenvalue weighted by atomic mass is 32.1. The van der Waals surface area contributed by atoms with Crippen LogP contribution in [0.3, 0.4) is 0 Å². The molecule has 3 N–H and O–H groups in total. The average molecular weight is 381 g/mol. The Morgan fingerprint density at radius 3 is 2.63 bits per heavy atom. The topological polar surface area (TPSA) is 91.8 Å². The van der Waals surface area contributed by atoms with Crippen molar-refractivity contribution in [1.82, 2.24) is 20.1 Å². The molecule has 2 aromatic carbocycles. The molecule has 8 heteroatoms. The van der Waals surface area contributed by atoms with Crippen LogP contribution in [0.4, 0.5) is 5.69 Å². The van der Waals surface area contributed by atoms with Gasteiger partial charge in [0.1, 0.15) is 6.54 Å². The second-order valence-corrected chi connectivity index (χ2v) is 6.40. The lowest BCUT2D eigenvalue weighted by molar-refractivity contribution is -0.116. The zero-order chi connectivity index (χ0) is 19.4. The molecule has 0 saturated carbocycles. The third kappa shape index (κ3) is 4.29. The van der Waals surface area contributed by atoms with Gasteiger partial charge in [-0.2, -0.15) is 5.10 Å². The first kappa shape index (κ1) is 18.5. The number of hydrogen-bond acceptors (Lipinski definition) is 4. The number of aryl methyl sites for hydroxylation is 1. The van der Waals surface area contributed by atoms with Gasteiger partial charge in [-0.25, -0.2) is 0 Å². The van der Waals surface area contributed by atoms with E-state index in [-0.39, 0.29) is 18.4 Å². The minimum Gasteiger partial charge on any atom is -0.355 e. The smallest absolute Gasteiger partial charge is 0.251 e. The minimum atomic E-state index is -0.269. The molecule has 1 heterocycles. The summed E-state index contributed by atoms with van der Waals surface area (Å²) in [5.74, 6) is 0.106. The minimum absolute atomic E-state index is 0.00272. The predicted molar refractivity (Wildman–Crippen MR) is 106 cm³/mol. The van der Waals surface area contributed by atoms with E-state index in [1.807, 2.05) is 31.2 Å². The van der Waals surface area contributed by atoms with Crippen molar-refractivity contribution in [3.8, 4) is 11.4 Å². The monoisotopic (exact) mass is 381 g/mol. The van der Waals surface area contributed by atoms with Gasteiger partial charge in [0.2, 0.25) is 5.91 Å². The van der Waals surface area contributed by atoms with E-state index in [1.54, 1.807) is 35.9 Å². The van der Waals surface area contributed by atoms with Crippen molar-refractivity contribution in [2.45, 2.75) is 13.5 Å². The van der Waals surface area contributed by atoms with Gasteiger partial charge in [-0.15, -0.1) is 0 Å². The van der Waals surface area contributed by atoms with Crippen molar-refractivity contribution >= 4 is 29.7 Å². The highest BCUT2D eigenvalue weighted by molar-refractivity contribution is 7.71. The SMILES string of the molecule is CNC(=O)c1cccc(NC(=O)Cn2c(-c3ccc(C)cc3)n[nH]c2=S)c1. The van der Waals surface area contributed by atoms with Crippen LogP contribution in [-0.2, 0) is 11.3 Å². The maximum atomic E-state index is 12.5. The second-order valence-electron chi connectivity index (χ2n) is 6.01. The van der Waals surface area contributed by atoms with E-state index >= 15 is 0 Å². The number of nitrogens with one attached hydrogen (secondary N) is 3. The molecule has 2 amide bonds. The Balaban J connectivity index is 1.79. The van der Waals surface area contributed by atoms with Crippen molar-refractivity contribution < 1.29 is 9.59 Å². The Hall–Kier alpha value is -3.26. The molecule has 1 aromatic heterocycles. The molecule has 0 aliphatic rings. The molecule has 138 valence electrons. The number of H-pyrrole nitrogens is 1. The first-order valence-electron chi connectivity index (χ1n) is 8.32. The van der Waals surface area contributed by atoms with E-state index in [1.165, 1.54) is 0 Å². The fourth-order valence-corrected chi connectivity index (χ4v) is 2.81. The van der Waals surface area contributed by atoms with E-state index in [0.29, 0.717) is 21.8 Å². The summed E-state index contributed by atoms with van der Waals surface area (Å²) in [6.45, 7) is 2.00. The van der Waals surface area contributed by atoms with Crippen molar-refractivity contribution in [3.05, 3.63) is 64.4 Å². The Kier molecular flexibility index (Phi) is 5.46. The third-order valence-corrected chi connectivity index (χ3v) is 4.32. The van der Waals surface area contributed by atoms with Crippen LogP contribution in [-0.4, -0.2) is 33.6 Å².